The first-order chi connectivity index (χ1) is 9.69. The fourth-order valence-corrected chi connectivity index (χ4v) is 3.20. The zero-order valence-corrected chi connectivity index (χ0v) is 12.5. The minimum Gasteiger partial charge on any atom is -0.341 e. The highest BCUT2D eigenvalue weighted by atomic mass is 15.0. The van der Waals surface area contributed by atoms with E-state index in [2.05, 4.69) is 68.3 Å². The Balaban J connectivity index is 2.62. The number of aryl methyl sites for hydroxylation is 1. The quantitative estimate of drug-likeness (QED) is 0.581. The Morgan fingerprint density at radius 1 is 1.15 bits per heavy atom. The molecule has 0 bridgehead atoms. The lowest BCUT2D eigenvalue weighted by atomic mass is 9.96. The van der Waals surface area contributed by atoms with Crippen molar-refractivity contribution in [2.24, 2.45) is 0 Å². The van der Waals surface area contributed by atoms with Crippen LogP contribution in [-0.2, 0) is 6.54 Å². The number of fused-ring (bicyclic) bond motifs is 3. The molecule has 1 heteroatoms. The summed E-state index contributed by atoms with van der Waals surface area (Å²) in [6.45, 7) is 11.7. The van der Waals surface area contributed by atoms with Crippen LogP contribution >= 0.6 is 0 Å². The van der Waals surface area contributed by atoms with E-state index in [9.17, 15) is 0 Å². The lowest BCUT2D eigenvalue weighted by Gasteiger charge is -2.12. The van der Waals surface area contributed by atoms with Gasteiger partial charge >= 0.3 is 0 Å². The van der Waals surface area contributed by atoms with Gasteiger partial charge in [-0.05, 0) is 30.0 Å². The molecule has 0 radical (unpaired) electrons. The molecular weight excluding hydrogens is 242 g/mol. The Morgan fingerprint density at radius 2 is 1.90 bits per heavy atom. The van der Waals surface area contributed by atoms with Crippen molar-refractivity contribution in [2.75, 3.05) is 0 Å². The predicted molar refractivity (Wildman–Crippen MR) is 89.3 cm³/mol. The van der Waals surface area contributed by atoms with Crippen molar-refractivity contribution in [3.8, 4) is 0 Å². The molecule has 0 aliphatic rings. The van der Waals surface area contributed by atoms with Crippen LogP contribution in [0.25, 0.3) is 27.9 Å². The van der Waals surface area contributed by atoms with E-state index in [1.54, 1.807) is 0 Å². The second-order valence-corrected chi connectivity index (χ2v) is 5.59. The molecule has 0 aliphatic heterocycles. The maximum Gasteiger partial charge on any atom is 0.0532 e. The van der Waals surface area contributed by atoms with Crippen molar-refractivity contribution in [1.82, 2.24) is 4.57 Å². The average Bonchev–Trinajstić information content (AvgIpc) is 2.80. The predicted octanol–water partition coefficient (Wildman–Crippen LogP) is 5.58. The summed E-state index contributed by atoms with van der Waals surface area (Å²) >= 11 is 0. The molecule has 0 amide bonds. The van der Waals surface area contributed by atoms with Crippen LogP contribution in [0.1, 0.15) is 37.8 Å². The van der Waals surface area contributed by atoms with Crippen LogP contribution in [-0.4, -0.2) is 4.57 Å². The lowest BCUT2D eigenvalue weighted by molar-refractivity contribution is 0.804. The fraction of sp³-hybridized carbons (Fsp3) is 0.263. The molecule has 2 aromatic carbocycles. The van der Waals surface area contributed by atoms with Gasteiger partial charge < -0.3 is 4.57 Å². The first kappa shape index (κ1) is 13.0. The Kier molecular flexibility index (Phi) is 3.13. The van der Waals surface area contributed by atoms with Crippen LogP contribution in [0.2, 0.25) is 0 Å². The molecule has 0 unspecified atom stereocenters. The lowest BCUT2D eigenvalue weighted by Crippen LogP contribution is -1.98. The molecule has 0 fully saturated rings. The van der Waals surface area contributed by atoms with E-state index in [4.69, 9.17) is 0 Å². The molecule has 0 atom stereocenters. The SMILES string of the molecule is C=Cc1ccc(C(C)C)c2c1c1ccccc1n2CC. The summed E-state index contributed by atoms with van der Waals surface area (Å²) in [5.74, 6) is 0.519. The van der Waals surface area contributed by atoms with Crippen molar-refractivity contribution in [3.63, 3.8) is 0 Å². The molecule has 3 rings (SSSR count). The summed E-state index contributed by atoms with van der Waals surface area (Å²) in [5.41, 5.74) is 5.35. The van der Waals surface area contributed by atoms with E-state index in [1.165, 1.54) is 32.9 Å². The summed E-state index contributed by atoms with van der Waals surface area (Å²) in [7, 11) is 0. The molecule has 0 saturated heterocycles. The molecule has 3 aromatic rings. The number of aromatic nitrogens is 1. The van der Waals surface area contributed by atoms with Crippen molar-refractivity contribution in [1.29, 1.82) is 0 Å². The van der Waals surface area contributed by atoms with Gasteiger partial charge in [-0.1, -0.05) is 56.8 Å². The maximum absolute atomic E-state index is 3.99. The monoisotopic (exact) mass is 263 g/mol. The second-order valence-electron chi connectivity index (χ2n) is 5.59. The first-order valence-electron chi connectivity index (χ1n) is 7.35. The van der Waals surface area contributed by atoms with E-state index in [0.717, 1.165) is 6.54 Å². The largest absolute Gasteiger partial charge is 0.341 e. The van der Waals surface area contributed by atoms with E-state index in [0.29, 0.717) is 5.92 Å². The van der Waals surface area contributed by atoms with Crippen LogP contribution in [0.5, 0.6) is 0 Å². The van der Waals surface area contributed by atoms with E-state index < -0.39 is 0 Å². The molecule has 0 aliphatic carbocycles. The zero-order valence-electron chi connectivity index (χ0n) is 12.5. The van der Waals surface area contributed by atoms with E-state index in [-0.39, 0.29) is 0 Å². The van der Waals surface area contributed by atoms with Gasteiger partial charge in [-0.3, -0.25) is 0 Å². The third-order valence-corrected chi connectivity index (χ3v) is 4.13. The smallest absolute Gasteiger partial charge is 0.0532 e. The summed E-state index contributed by atoms with van der Waals surface area (Å²) in [5, 5.41) is 2.69. The van der Waals surface area contributed by atoms with Gasteiger partial charge in [0.25, 0.3) is 0 Å². The fourth-order valence-electron chi connectivity index (χ4n) is 3.20. The van der Waals surface area contributed by atoms with Crippen LogP contribution in [0.4, 0.5) is 0 Å². The summed E-state index contributed by atoms with van der Waals surface area (Å²) < 4.78 is 2.44. The van der Waals surface area contributed by atoms with Crippen LogP contribution in [0.15, 0.2) is 43.0 Å². The molecule has 20 heavy (non-hydrogen) atoms. The van der Waals surface area contributed by atoms with Crippen molar-refractivity contribution >= 4 is 27.9 Å². The summed E-state index contributed by atoms with van der Waals surface area (Å²) in [4.78, 5) is 0. The Labute approximate surface area is 120 Å². The molecule has 102 valence electrons. The Bertz CT molecular complexity index is 790. The van der Waals surface area contributed by atoms with Gasteiger partial charge in [0.1, 0.15) is 0 Å². The minimum absolute atomic E-state index is 0.519. The van der Waals surface area contributed by atoms with Crippen LogP contribution < -0.4 is 0 Å². The third kappa shape index (κ3) is 1.70. The first-order valence-corrected chi connectivity index (χ1v) is 7.35. The molecule has 0 saturated carbocycles. The number of rotatable bonds is 3. The maximum atomic E-state index is 3.99. The van der Waals surface area contributed by atoms with Crippen molar-refractivity contribution < 1.29 is 0 Å². The zero-order chi connectivity index (χ0) is 14.3. The molecule has 1 nitrogen and oxygen atoms in total. The van der Waals surface area contributed by atoms with Gasteiger partial charge in [0.2, 0.25) is 0 Å². The summed E-state index contributed by atoms with van der Waals surface area (Å²) in [6.07, 6.45) is 1.97. The molecule has 1 aromatic heterocycles. The topological polar surface area (TPSA) is 4.93 Å². The van der Waals surface area contributed by atoms with Gasteiger partial charge in [-0.2, -0.15) is 0 Å². The normalized spacial score (nSPS) is 11.6. The van der Waals surface area contributed by atoms with Crippen LogP contribution in [0, 0.1) is 0 Å². The molecular formula is C19H21N. The van der Waals surface area contributed by atoms with Gasteiger partial charge in [0.15, 0.2) is 0 Å². The molecule has 0 N–H and O–H groups in total. The van der Waals surface area contributed by atoms with Gasteiger partial charge in [-0.15, -0.1) is 0 Å². The highest BCUT2D eigenvalue weighted by molar-refractivity contribution is 6.12. The van der Waals surface area contributed by atoms with Crippen molar-refractivity contribution in [3.05, 3.63) is 54.1 Å². The Hall–Kier alpha value is -2.02. The highest BCUT2D eigenvalue weighted by Gasteiger charge is 2.16. The van der Waals surface area contributed by atoms with Crippen molar-refractivity contribution in [2.45, 2.75) is 33.2 Å². The Morgan fingerprint density at radius 3 is 2.55 bits per heavy atom. The minimum atomic E-state index is 0.519. The third-order valence-electron chi connectivity index (χ3n) is 4.13. The van der Waals surface area contributed by atoms with Gasteiger partial charge in [0, 0.05) is 22.8 Å². The number of hydrogen-bond acceptors (Lipinski definition) is 0. The van der Waals surface area contributed by atoms with Gasteiger partial charge in [-0.25, -0.2) is 0 Å². The standard InChI is InChI=1S/C19H21N/c1-5-14-11-12-15(13(3)4)19-18(14)16-9-7-8-10-17(16)20(19)6-2/h5,7-13H,1,6H2,2-4H3. The van der Waals surface area contributed by atoms with Gasteiger partial charge in [0.05, 0.1) is 5.52 Å². The number of nitrogens with zero attached hydrogens (tertiary/aromatic N) is 1. The van der Waals surface area contributed by atoms with E-state index >= 15 is 0 Å². The number of para-hydroxylation sites is 1. The second kappa shape index (κ2) is 4.82. The molecule has 1 heterocycles. The summed E-state index contributed by atoms with van der Waals surface area (Å²) in [6, 6.07) is 13.1. The number of hydrogen-bond donors (Lipinski definition) is 0. The van der Waals surface area contributed by atoms with E-state index in [1.807, 2.05) is 6.08 Å². The molecule has 0 spiro atoms. The van der Waals surface area contributed by atoms with Crippen LogP contribution in [0.3, 0.4) is 0 Å². The number of benzene rings is 2. The highest BCUT2D eigenvalue weighted by Crippen LogP contribution is 2.36. The average molecular weight is 263 g/mol.